The molecule has 2 N–H and O–H groups in total. The normalized spacial score (nSPS) is 10.5. The molecule has 2 aromatic carbocycles. The van der Waals surface area contributed by atoms with Gasteiger partial charge in [-0.3, -0.25) is 20.4 Å². The zero-order valence-electron chi connectivity index (χ0n) is 17.8. The minimum absolute atomic E-state index is 0.176. The van der Waals surface area contributed by atoms with Crippen molar-refractivity contribution in [2.24, 2.45) is 0 Å². The minimum atomic E-state index is -0.497. The van der Waals surface area contributed by atoms with Gasteiger partial charge in [-0.2, -0.15) is 0 Å². The van der Waals surface area contributed by atoms with E-state index in [4.69, 9.17) is 25.8 Å². The molecule has 162 valence electrons. The number of rotatable bonds is 8. The number of nitrogens with one attached hydrogen (secondary N) is 2. The lowest BCUT2D eigenvalue weighted by atomic mass is 10.0. The molecule has 0 spiro atoms. The number of halogens is 1. The van der Waals surface area contributed by atoms with E-state index in [9.17, 15) is 9.59 Å². The van der Waals surface area contributed by atoms with Crippen LogP contribution in [-0.4, -0.2) is 32.1 Å². The maximum absolute atomic E-state index is 12.3. The van der Waals surface area contributed by atoms with E-state index in [1.165, 1.54) is 13.2 Å². The molecule has 2 aromatic rings. The largest absolute Gasteiger partial charge is 0.493 e. The molecule has 0 bridgehead atoms. The lowest BCUT2D eigenvalue weighted by Crippen LogP contribution is -2.43. The SMILES string of the molecule is CCOc1ccc(C(=O)NNC(=O)COc2cc(C)c(Cl)cc2C(C)C)cc1OC. The quantitative estimate of drug-likeness (QED) is 0.613. The van der Waals surface area contributed by atoms with Crippen LogP contribution in [0.1, 0.15) is 48.2 Å². The molecule has 7 nitrogen and oxygen atoms in total. The smallest absolute Gasteiger partial charge is 0.276 e. The molecule has 30 heavy (non-hydrogen) atoms. The lowest BCUT2D eigenvalue weighted by molar-refractivity contribution is -0.123. The van der Waals surface area contributed by atoms with Gasteiger partial charge in [-0.05, 0) is 61.2 Å². The van der Waals surface area contributed by atoms with E-state index in [1.54, 1.807) is 18.2 Å². The van der Waals surface area contributed by atoms with E-state index in [0.29, 0.717) is 34.4 Å². The zero-order chi connectivity index (χ0) is 22.3. The van der Waals surface area contributed by atoms with Crippen LogP contribution >= 0.6 is 11.6 Å². The minimum Gasteiger partial charge on any atom is -0.493 e. The van der Waals surface area contributed by atoms with Gasteiger partial charge in [0.2, 0.25) is 0 Å². The van der Waals surface area contributed by atoms with Crippen molar-refractivity contribution >= 4 is 23.4 Å². The van der Waals surface area contributed by atoms with Crippen molar-refractivity contribution in [1.82, 2.24) is 10.9 Å². The van der Waals surface area contributed by atoms with Crippen LogP contribution < -0.4 is 25.1 Å². The molecule has 0 fully saturated rings. The van der Waals surface area contributed by atoms with E-state index in [1.807, 2.05) is 33.8 Å². The van der Waals surface area contributed by atoms with E-state index in [-0.39, 0.29) is 12.5 Å². The van der Waals surface area contributed by atoms with Crippen LogP contribution in [0, 0.1) is 6.92 Å². The molecular formula is C22H27ClN2O5. The third-order valence-corrected chi connectivity index (χ3v) is 4.72. The summed E-state index contributed by atoms with van der Waals surface area (Å²) in [5, 5.41) is 0.647. The molecule has 2 rings (SSSR count). The highest BCUT2D eigenvalue weighted by Gasteiger charge is 2.14. The molecule has 2 amide bonds. The predicted molar refractivity (Wildman–Crippen MR) is 116 cm³/mol. The Balaban J connectivity index is 1.95. The summed E-state index contributed by atoms with van der Waals surface area (Å²) in [6, 6.07) is 8.40. The molecule has 0 saturated heterocycles. The number of benzene rings is 2. The number of carbonyl (C=O) groups is 2. The first kappa shape index (κ1) is 23.3. The van der Waals surface area contributed by atoms with Crippen molar-refractivity contribution in [3.63, 3.8) is 0 Å². The Morgan fingerprint density at radius 1 is 1.03 bits per heavy atom. The molecule has 0 unspecified atom stereocenters. The summed E-state index contributed by atoms with van der Waals surface area (Å²) >= 11 is 6.19. The van der Waals surface area contributed by atoms with Gasteiger partial charge in [0.05, 0.1) is 13.7 Å². The highest BCUT2D eigenvalue weighted by Crippen LogP contribution is 2.32. The van der Waals surface area contributed by atoms with Gasteiger partial charge < -0.3 is 14.2 Å². The highest BCUT2D eigenvalue weighted by atomic mass is 35.5. The number of amides is 2. The summed E-state index contributed by atoms with van der Waals surface area (Å²) < 4.78 is 16.3. The monoisotopic (exact) mass is 434 g/mol. The van der Waals surface area contributed by atoms with Gasteiger partial charge in [0.1, 0.15) is 5.75 Å². The fraction of sp³-hybridized carbons (Fsp3) is 0.364. The summed E-state index contributed by atoms with van der Waals surface area (Å²) in [5.41, 5.74) is 6.78. The topological polar surface area (TPSA) is 85.9 Å². The Morgan fingerprint density at radius 2 is 1.77 bits per heavy atom. The van der Waals surface area contributed by atoms with E-state index in [0.717, 1.165) is 11.1 Å². The fourth-order valence-corrected chi connectivity index (χ4v) is 2.88. The molecule has 0 heterocycles. The van der Waals surface area contributed by atoms with Crippen LogP contribution in [0.5, 0.6) is 17.2 Å². The van der Waals surface area contributed by atoms with Gasteiger partial charge in [0.25, 0.3) is 11.8 Å². The fourth-order valence-electron chi connectivity index (χ4n) is 2.71. The average molecular weight is 435 g/mol. The van der Waals surface area contributed by atoms with Gasteiger partial charge >= 0.3 is 0 Å². The molecule has 0 saturated carbocycles. The zero-order valence-corrected chi connectivity index (χ0v) is 18.6. The van der Waals surface area contributed by atoms with E-state index < -0.39 is 11.8 Å². The van der Waals surface area contributed by atoms with Crippen molar-refractivity contribution in [3.05, 3.63) is 52.0 Å². The number of ether oxygens (including phenoxy) is 3. The molecule has 0 aliphatic rings. The first-order valence-electron chi connectivity index (χ1n) is 9.59. The summed E-state index contributed by atoms with van der Waals surface area (Å²) in [4.78, 5) is 24.4. The van der Waals surface area contributed by atoms with Crippen molar-refractivity contribution < 1.29 is 23.8 Å². The molecular weight excluding hydrogens is 408 g/mol. The Hall–Kier alpha value is -2.93. The number of hydrazine groups is 1. The average Bonchev–Trinajstić information content (AvgIpc) is 2.72. The van der Waals surface area contributed by atoms with Crippen molar-refractivity contribution in [1.29, 1.82) is 0 Å². The maximum atomic E-state index is 12.3. The Kier molecular flexibility index (Phi) is 8.35. The summed E-state index contributed by atoms with van der Waals surface area (Å²) in [7, 11) is 1.49. The number of aryl methyl sites for hydroxylation is 1. The second-order valence-corrected chi connectivity index (χ2v) is 7.29. The summed E-state index contributed by atoms with van der Waals surface area (Å²) in [6.45, 7) is 7.97. The number of hydrogen-bond acceptors (Lipinski definition) is 5. The summed E-state index contributed by atoms with van der Waals surface area (Å²) in [6.07, 6.45) is 0. The molecule has 0 atom stereocenters. The van der Waals surface area contributed by atoms with Gasteiger partial charge in [-0.1, -0.05) is 25.4 Å². The molecule has 0 aliphatic carbocycles. The van der Waals surface area contributed by atoms with E-state index in [2.05, 4.69) is 10.9 Å². The van der Waals surface area contributed by atoms with Crippen LogP contribution in [0.15, 0.2) is 30.3 Å². The molecule has 0 radical (unpaired) electrons. The Morgan fingerprint density at radius 3 is 2.40 bits per heavy atom. The first-order chi connectivity index (χ1) is 14.3. The second kappa shape index (κ2) is 10.7. The van der Waals surface area contributed by atoms with Gasteiger partial charge in [0, 0.05) is 10.6 Å². The highest BCUT2D eigenvalue weighted by molar-refractivity contribution is 6.31. The van der Waals surface area contributed by atoms with Crippen molar-refractivity contribution in [3.8, 4) is 17.2 Å². The van der Waals surface area contributed by atoms with Crippen molar-refractivity contribution in [2.75, 3.05) is 20.3 Å². The van der Waals surface area contributed by atoms with E-state index >= 15 is 0 Å². The molecule has 0 aliphatic heterocycles. The predicted octanol–water partition coefficient (Wildman–Crippen LogP) is 4.02. The standard InChI is InChI=1S/C22H27ClN2O5/c1-6-29-18-8-7-15(10-20(18)28-5)22(27)25-24-21(26)12-30-19-9-14(4)17(23)11-16(19)13(2)3/h7-11,13H,6,12H2,1-5H3,(H,24,26)(H,25,27). The van der Waals surface area contributed by atoms with Crippen LogP contribution in [0.4, 0.5) is 0 Å². The Bertz CT molecular complexity index is 915. The maximum Gasteiger partial charge on any atom is 0.276 e. The lowest BCUT2D eigenvalue weighted by Gasteiger charge is -2.16. The third kappa shape index (κ3) is 6.03. The molecule has 0 aromatic heterocycles. The van der Waals surface area contributed by atoms with Gasteiger partial charge in [-0.15, -0.1) is 0 Å². The number of methoxy groups -OCH3 is 1. The Labute approximate surface area is 181 Å². The number of hydrogen-bond donors (Lipinski definition) is 2. The molecule has 8 heteroatoms. The van der Waals surface area contributed by atoms with Crippen LogP contribution in [0.25, 0.3) is 0 Å². The van der Waals surface area contributed by atoms with Crippen LogP contribution in [-0.2, 0) is 4.79 Å². The number of carbonyl (C=O) groups excluding carboxylic acids is 2. The van der Waals surface area contributed by atoms with Crippen LogP contribution in [0.3, 0.4) is 0 Å². The van der Waals surface area contributed by atoms with Gasteiger partial charge in [0.15, 0.2) is 18.1 Å². The van der Waals surface area contributed by atoms with Gasteiger partial charge in [-0.25, -0.2) is 0 Å². The third-order valence-electron chi connectivity index (χ3n) is 4.31. The summed E-state index contributed by atoms with van der Waals surface area (Å²) in [5.74, 6) is 0.741. The second-order valence-electron chi connectivity index (χ2n) is 6.88. The van der Waals surface area contributed by atoms with Crippen molar-refractivity contribution in [2.45, 2.75) is 33.6 Å². The first-order valence-corrected chi connectivity index (χ1v) is 9.97. The van der Waals surface area contributed by atoms with Crippen LogP contribution in [0.2, 0.25) is 5.02 Å².